The third-order valence-electron chi connectivity index (χ3n) is 9.77. The van der Waals surface area contributed by atoms with Gasteiger partial charge in [-0.2, -0.15) is 0 Å². The predicted molar refractivity (Wildman–Crippen MR) is 211 cm³/mol. The molecule has 10 rings (SSSR count). The minimum Gasteiger partial charge on any atom is -0.292 e. The lowest BCUT2D eigenvalue weighted by Crippen LogP contribution is -1.98. The van der Waals surface area contributed by atoms with Crippen LogP contribution in [0.1, 0.15) is 0 Å². The summed E-state index contributed by atoms with van der Waals surface area (Å²) in [6.45, 7) is 0. The van der Waals surface area contributed by atoms with Gasteiger partial charge in [0.1, 0.15) is 5.82 Å². The van der Waals surface area contributed by atoms with Gasteiger partial charge in [-0.05, 0) is 52.9 Å². The fraction of sp³-hybridized carbons (Fsp3) is 0. The molecule has 238 valence electrons. The normalized spacial score (nSPS) is 11.5. The molecule has 0 amide bonds. The van der Waals surface area contributed by atoms with Crippen LogP contribution >= 0.6 is 0 Å². The molecule has 0 bridgehead atoms. The Morgan fingerprint density at radius 1 is 0.392 bits per heavy atom. The lowest BCUT2D eigenvalue weighted by Gasteiger charge is -2.15. The van der Waals surface area contributed by atoms with Crippen LogP contribution in [0.4, 0.5) is 0 Å². The molecule has 0 aliphatic carbocycles. The summed E-state index contributed by atoms with van der Waals surface area (Å²) in [5, 5.41) is 4.40. The van der Waals surface area contributed by atoms with Crippen molar-refractivity contribution in [3.63, 3.8) is 0 Å². The van der Waals surface area contributed by atoms with Crippen LogP contribution in [0, 0.1) is 0 Å². The zero-order valence-corrected chi connectivity index (χ0v) is 27.6. The van der Waals surface area contributed by atoms with E-state index in [1.165, 1.54) is 0 Å². The van der Waals surface area contributed by atoms with Crippen molar-refractivity contribution in [1.29, 1.82) is 0 Å². The van der Waals surface area contributed by atoms with Crippen LogP contribution in [0.25, 0.3) is 94.3 Å². The third kappa shape index (κ3) is 4.96. The maximum atomic E-state index is 5.42. The number of hydrogen-bond donors (Lipinski definition) is 0. The first-order valence-corrected chi connectivity index (χ1v) is 17.2. The highest BCUT2D eigenvalue weighted by molar-refractivity contribution is 6.20. The molecule has 0 saturated carbocycles. The molecule has 0 spiro atoms. The second-order valence-electron chi connectivity index (χ2n) is 12.9. The standard InChI is InChI=1S/C47H30N4/c1-4-13-31(14-5-1)40-28-25-33-23-27-39-38-26-24-36(30-42(38)49-45(44(39)46(33)48-40)32-15-6-2-7-16-32)35-19-12-20-37(29-35)51-43-22-11-10-21-41(43)50-47(51)34-17-8-3-9-18-34/h1-30H. The molecular weight excluding hydrogens is 621 g/mol. The Labute approximate surface area is 295 Å². The summed E-state index contributed by atoms with van der Waals surface area (Å²) in [5.74, 6) is 0.921. The highest BCUT2D eigenvalue weighted by atomic mass is 15.1. The van der Waals surface area contributed by atoms with Gasteiger partial charge in [-0.25, -0.2) is 15.0 Å². The van der Waals surface area contributed by atoms with Crippen LogP contribution in [0.3, 0.4) is 0 Å². The number of rotatable bonds is 5. The van der Waals surface area contributed by atoms with E-state index in [9.17, 15) is 0 Å². The Balaban J connectivity index is 1.17. The second kappa shape index (κ2) is 11.9. The molecular formula is C47H30N4. The Hall–Kier alpha value is -6.91. The Morgan fingerprint density at radius 3 is 1.84 bits per heavy atom. The van der Waals surface area contributed by atoms with Crippen molar-refractivity contribution < 1.29 is 0 Å². The number of benzene rings is 7. The molecule has 3 aromatic heterocycles. The van der Waals surface area contributed by atoms with Crippen molar-refractivity contribution >= 4 is 43.6 Å². The first-order valence-electron chi connectivity index (χ1n) is 17.2. The van der Waals surface area contributed by atoms with Gasteiger partial charge in [0, 0.05) is 38.5 Å². The summed E-state index contributed by atoms with van der Waals surface area (Å²) in [6.07, 6.45) is 0. The van der Waals surface area contributed by atoms with Crippen molar-refractivity contribution in [3.05, 3.63) is 182 Å². The van der Waals surface area contributed by atoms with Gasteiger partial charge in [-0.15, -0.1) is 0 Å². The molecule has 4 heteroatoms. The van der Waals surface area contributed by atoms with Gasteiger partial charge in [0.15, 0.2) is 0 Å². The SMILES string of the molecule is c1ccc(-c2ccc3ccc4c5ccc(-c6cccc(-n7c(-c8ccccc8)nc8ccccc87)c6)cc5nc(-c5ccccc5)c4c3n2)cc1. The molecule has 0 radical (unpaired) electrons. The van der Waals surface area contributed by atoms with Gasteiger partial charge in [0.2, 0.25) is 0 Å². The summed E-state index contributed by atoms with van der Waals surface area (Å²) in [6, 6.07) is 63.7. The van der Waals surface area contributed by atoms with Crippen molar-refractivity contribution in [1.82, 2.24) is 19.5 Å². The van der Waals surface area contributed by atoms with E-state index in [0.717, 1.165) is 94.3 Å². The predicted octanol–water partition coefficient (Wildman–Crippen LogP) is 11.9. The molecule has 0 N–H and O–H groups in total. The Bertz CT molecular complexity index is 2900. The van der Waals surface area contributed by atoms with Crippen molar-refractivity contribution in [3.8, 4) is 50.7 Å². The summed E-state index contributed by atoms with van der Waals surface area (Å²) in [4.78, 5) is 15.8. The summed E-state index contributed by atoms with van der Waals surface area (Å²) in [7, 11) is 0. The largest absolute Gasteiger partial charge is 0.292 e. The fourth-order valence-electron chi connectivity index (χ4n) is 7.33. The van der Waals surface area contributed by atoms with Gasteiger partial charge in [-0.3, -0.25) is 4.57 Å². The van der Waals surface area contributed by atoms with Gasteiger partial charge >= 0.3 is 0 Å². The van der Waals surface area contributed by atoms with Crippen molar-refractivity contribution in [2.75, 3.05) is 0 Å². The highest BCUT2D eigenvalue weighted by Gasteiger charge is 2.18. The first kappa shape index (κ1) is 29.0. The molecule has 0 saturated heterocycles. The topological polar surface area (TPSA) is 43.6 Å². The molecule has 0 unspecified atom stereocenters. The molecule has 0 aliphatic rings. The molecule has 0 aliphatic heterocycles. The van der Waals surface area contributed by atoms with Crippen LogP contribution in [0.15, 0.2) is 182 Å². The van der Waals surface area contributed by atoms with Gasteiger partial charge < -0.3 is 0 Å². The van der Waals surface area contributed by atoms with Gasteiger partial charge in [0.05, 0.1) is 33.5 Å². The molecule has 4 nitrogen and oxygen atoms in total. The van der Waals surface area contributed by atoms with E-state index in [2.05, 4.69) is 162 Å². The number of para-hydroxylation sites is 2. The van der Waals surface area contributed by atoms with E-state index in [1.807, 2.05) is 24.3 Å². The monoisotopic (exact) mass is 650 g/mol. The van der Waals surface area contributed by atoms with E-state index in [1.54, 1.807) is 0 Å². The number of fused-ring (bicyclic) bond motifs is 6. The highest BCUT2D eigenvalue weighted by Crippen LogP contribution is 2.39. The zero-order valence-electron chi connectivity index (χ0n) is 27.6. The molecule has 51 heavy (non-hydrogen) atoms. The van der Waals surface area contributed by atoms with Crippen LogP contribution in [0.5, 0.6) is 0 Å². The Kier molecular flexibility index (Phi) is 6.78. The van der Waals surface area contributed by atoms with E-state index in [0.29, 0.717) is 0 Å². The molecule has 3 heterocycles. The van der Waals surface area contributed by atoms with Crippen molar-refractivity contribution in [2.24, 2.45) is 0 Å². The number of nitrogens with zero attached hydrogens (tertiary/aromatic N) is 4. The Morgan fingerprint density at radius 2 is 1.04 bits per heavy atom. The zero-order chi connectivity index (χ0) is 33.7. The van der Waals surface area contributed by atoms with Crippen LogP contribution < -0.4 is 0 Å². The van der Waals surface area contributed by atoms with E-state index >= 15 is 0 Å². The minimum absolute atomic E-state index is 0.921. The van der Waals surface area contributed by atoms with E-state index < -0.39 is 0 Å². The fourth-order valence-corrected chi connectivity index (χ4v) is 7.33. The molecule has 0 fully saturated rings. The third-order valence-corrected chi connectivity index (χ3v) is 9.77. The second-order valence-corrected chi connectivity index (χ2v) is 12.9. The minimum atomic E-state index is 0.921. The maximum Gasteiger partial charge on any atom is 0.145 e. The van der Waals surface area contributed by atoms with Crippen LogP contribution in [-0.2, 0) is 0 Å². The van der Waals surface area contributed by atoms with E-state index in [-0.39, 0.29) is 0 Å². The van der Waals surface area contributed by atoms with Crippen molar-refractivity contribution in [2.45, 2.75) is 0 Å². The quantitative estimate of drug-likeness (QED) is 0.174. The maximum absolute atomic E-state index is 5.42. The number of hydrogen-bond acceptors (Lipinski definition) is 3. The van der Waals surface area contributed by atoms with Crippen LogP contribution in [0.2, 0.25) is 0 Å². The molecule has 10 aromatic rings. The lowest BCUT2D eigenvalue weighted by molar-refractivity contribution is 1.10. The molecule has 0 atom stereocenters. The van der Waals surface area contributed by atoms with Gasteiger partial charge in [-0.1, -0.05) is 146 Å². The number of aromatic nitrogens is 4. The summed E-state index contributed by atoms with van der Waals surface area (Å²) >= 11 is 0. The van der Waals surface area contributed by atoms with Gasteiger partial charge in [0.25, 0.3) is 0 Å². The number of pyridine rings is 2. The first-order chi connectivity index (χ1) is 25.3. The average Bonchev–Trinajstić information content (AvgIpc) is 3.61. The smallest absolute Gasteiger partial charge is 0.145 e. The summed E-state index contributed by atoms with van der Waals surface area (Å²) in [5.41, 5.74) is 12.3. The number of imidazole rings is 1. The molecule has 7 aromatic carbocycles. The average molecular weight is 651 g/mol. The summed E-state index contributed by atoms with van der Waals surface area (Å²) < 4.78 is 2.26. The van der Waals surface area contributed by atoms with Crippen LogP contribution in [-0.4, -0.2) is 19.5 Å². The van der Waals surface area contributed by atoms with E-state index in [4.69, 9.17) is 15.0 Å². The lowest BCUT2D eigenvalue weighted by atomic mass is 9.95.